The molecule has 0 aliphatic rings. The van der Waals surface area contributed by atoms with Crippen LogP contribution in [0.15, 0.2) is 17.1 Å². The minimum atomic E-state index is 0. The van der Waals surface area contributed by atoms with Crippen molar-refractivity contribution >= 4 is 29.9 Å². The molecule has 0 spiro atoms. The molecule has 128 valence electrons. The Balaban J connectivity index is 0.00000484. The van der Waals surface area contributed by atoms with Crippen LogP contribution in [-0.4, -0.2) is 40.4 Å². The van der Waals surface area contributed by atoms with Crippen LogP contribution < -0.4 is 24.8 Å². The van der Waals surface area contributed by atoms with Crippen LogP contribution >= 0.6 is 24.0 Å². The van der Waals surface area contributed by atoms with Crippen molar-refractivity contribution in [2.75, 3.05) is 34.4 Å². The molecule has 7 heteroatoms. The monoisotopic (exact) mass is 433 g/mol. The summed E-state index contributed by atoms with van der Waals surface area (Å²) >= 11 is 0. The summed E-state index contributed by atoms with van der Waals surface area (Å²) in [6, 6.07) is 3.72. The number of ether oxygens (including phenoxy) is 3. The van der Waals surface area contributed by atoms with E-state index < -0.39 is 0 Å². The highest BCUT2D eigenvalue weighted by molar-refractivity contribution is 14.0. The van der Waals surface area contributed by atoms with Crippen LogP contribution in [0.4, 0.5) is 0 Å². The molecule has 0 bridgehead atoms. The van der Waals surface area contributed by atoms with E-state index in [-0.39, 0.29) is 24.0 Å². The van der Waals surface area contributed by atoms with Crippen LogP contribution in [0.5, 0.6) is 17.2 Å². The molecule has 0 aliphatic carbocycles. The van der Waals surface area contributed by atoms with Crippen molar-refractivity contribution in [3.63, 3.8) is 0 Å². The van der Waals surface area contributed by atoms with Gasteiger partial charge < -0.3 is 24.8 Å². The fourth-order valence-corrected chi connectivity index (χ4v) is 1.93. The summed E-state index contributed by atoms with van der Waals surface area (Å²) in [5, 5.41) is 6.16. The van der Waals surface area contributed by atoms with Gasteiger partial charge in [-0.15, -0.1) is 30.4 Å². The van der Waals surface area contributed by atoms with Crippen LogP contribution in [0.25, 0.3) is 0 Å². The average Bonchev–Trinajstić information content (AvgIpc) is 2.56. The van der Waals surface area contributed by atoms with Crippen molar-refractivity contribution in [3.05, 3.63) is 17.7 Å². The summed E-state index contributed by atoms with van der Waals surface area (Å²) in [6.45, 7) is 3.57. The van der Waals surface area contributed by atoms with Gasteiger partial charge in [0.1, 0.15) is 0 Å². The van der Waals surface area contributed by atoms with Crippen LogP contribution in [0, 0.1) is 12.3 Å². The molecule has 0 aromatic heterocycles. The van der Waals surface area contributed by atoms with Crippen molar-refractivity contribution in [1.82, 2.24) is 10.6 Å². The van der Waals surface area contributed by atoms with E-state index in [0.717, 1.165) is 12.1 Å². The lowest BCUT2D eigenvalue weighted by atomic mass is 10.1. The number of nitrogens with zero attached hydrogens (tertiary/aromatic N) is 1. The molecule has 6 nitrogen and oxygen atoms in total. The molecule has 0 saturated heterocycles. The molecule has 0 unspecified atom stereocenters. The Morgan fingerprint density at radius 1 is 1.13 bits per heavy atom. The summed E-state index contributed by atoms with van der Waals surface area (Å²) in [6.07, 6.45) is 5.25. The zero-order chi connectivity index (χ0) is 16.4. The molecule has 0 saturated carbocycles. The highest BCUT2D eigenvalue weighted by atomic mass is 127. The van der Waals surface area contributed by atoms with E-state index >= 15 is 0 Å². The van der Waals surface area contributed by atoms with Gasteiger partial charge in [-0.3, -0.25) is 0 Å². The second-order valence-corrected chi connectivity index (χ2v) is 4.25. The number of terminal acetylenes is 1. The molecule has 0 radical (unpaired) electrons. The van der Waals surface area contributed by atoms with Gasteiger partial charge in [-0.25, -0.2) is 4.99 Å². The number of halogens is 1. The molecule has 1 rings (SSSR count). The van der Waals surface area contributed by atoms with Crippen molar-refractivity contribution in [2.24, 2.45) is 4.99 Å². The highest BCUT2D eigenvalue weighted by Crippen LogP contribution is 2.39. The van der Waals surface area contributed by atoms with Gasteiger partial charge in [-0.05, 0) is 19.1 Å². The first kappa shape index (κ1) is 21.2. The first-order chi connectivity index (χ1) is 10.7. The van der Waals surface area contributed by atoms with E-state index in [4.69, 9.17) is 20.6 Å². The molecule has 0 amide bonds. The van der Waals surface area contributed by atoms with Crippen molar-refractivity contribution < 1.29 is 14.2 Å². The average molecular weight is 433 g/mol. The van der Waals surface area contributed by atoms with Crippen LogP contribution in [0.2, 0.25) is 0 Å². The number of methoxy groups -OCH3 is 3. The largest absolute Gasteiger partial charge is 0.493 e. The van der Waals surface area contributed by atoms with Crippen molar-refractivity contribution in [3.8, 4) is 29.6 Å². The van der Waals surface area contributed by atoms with E-state index in [0.29, 0.717) is 36.3 Å². The summed E-state index contributed by atoms with van der Waals surface area (Å²) in [5.41, 5.74) is 0.887. The predicted molar refractivity (Wildman–Crippen MR) is 103 cm³/mol. The molecule has 2 N–H and O–H groups in total. The summed E-state index contributed by atoms with van der Waals surface area (Å²) in [4.78, 5) is 4.48. The van der Waals surface area contributed by atoms with Gasteiger partial charge in [-0.1, -0.05) is 5.92 Å². The highest BCUT2D eigenvalue weighted by Gasteiger charge is 2.15. The Morgan fingerprint density at radius 3 is 2.35 bits per heavy atom. The first-order valence-electron chi connectivity index (χ1n) is 6.95. The van der Waals surface area contributed by atoms with Gasteiger partial charge in [0.25, 0.3) is 0 Å². The number of hydrogen-bond acceptors (Lipinski definition) is 4. The van der Waals surface area contributed by atoms with E-state index in [1.165, 1.54) is 0 Å². The molecule has 0 fully saturated rings. The molecule has 0 aliphatic heterocycles. The van der Waals surface area contributed by atoms with E-state index in [2.05, 4.69) is 21.5 Å². The fraction of sp³-hybridized carbons (Fsp3) is 0.438. The van der Waals surface area contributed by atoms with E-state index in [1.54, 1.807) is 21.3 Å². The van der Waals surface area contributed by atoms with Gasteiger partial charge in [0, 0.05) is 12.1 Å². The third-order valence-corrected chi connectivity index (χ3v) is 2.90. The fourth-order valence-electron chi connectivity index (χ4n) is 1.93. The summed E-state index contributed by atoms with van der Waals surface area (Å²) < 4.78 is 16.1. The number of aliphatic imine (C=N–C) groups is 1. The second-order valence-electron chi connectivity index (χ2n) is 4.25. The standard InChI is InChI=1S/C16H23N3O3.HI/c1-6-10-18-16(17-7-2)19-11-12-8-9-13(20-3)15(22-5)14(12)21-4;/h1,8-9H,7,10-11H2,2-5H3,(H2,17,18,19);1H. The van der Waals surface area contributed by atoms with Crippen molar-refractivity contribution in [2.45, 2.75) is 13.5 Å². The zero-order valence-corrected chi connectivity index (χ0v) is 16.3. The lowest BCUT2D eigenvalue weighted by Crippen LogP contribution is -2.37. The minimum absolute atomic E-state index is 0. The van der Waals surface area contributed by atoms with Gasteiger partial charge in [0.05, 0.1) is 34.4 Å². The molecular formula is C16H24IN3O3. The molecule has 1 aromatic rings. The van der Waals surface area contributed by atoms with Crippen molar-refractivity contribution in [1.29, 1.82) is 0 Å². The van der Waals surface area contributed by atoms with E-state index in [1.807, 2.05) is 19.1 Å². The zero-order valence-electron chi connectivity index (χ0n) is 13.9. The number of rotatable bonds is 7. The Bertz CT molecular complexity index is 556. The topological polar surface area (TPSA) is 64.1 Å². The molecular weight excluding hydrogens is 409 g/mol. The number of guanidine groups is 1. The lowest BCUT2D eigenvalue weighted by molar-refractivity contribution is 0.322. The Labute approximate surface area is 155 Å². The van der Waals surface area contributed by atoms with Gasteiger partial charge in [0.2, 0.25) is 5.75 Å². The minimum Gasteiger partial charge on any atom is -0.493 e. The van der Waals surface area contributed by atoms with Crippen LogP contribution in [0.3, 0.4) is 0 Å². The summed E-state index contributed by atoms with van der Waals surface area (Å²) in [7, 11) is 4.75. The number of benzene rings is 1. The Hall–Kier alpha value is -1.82. The predicted octanol–water partition coefficient (Wildman–Crippen LogP) is 2.02. The quantitative estimate of drug-likeness (QED) is 0.298. The number of hydrogen-bond donors (Lipinski definition) is 2. The van der Waals surface area contributed by atoms with Gasteiger partial charge >= 0.3 is 0 Å². The molecule has 1 aromatic carbocycles. The second kappa shape index (κ2) is 11.7. The van der Waals surface area contributed by atoms with E-state index in [9.17, 15) is 0 Å². The summed E-state index contributed by atoms with van der Waals surface area (Å²) in [5.74, 6) is 4.95. The Morgan fingerprint density at radius 2 is 1.83 bits per heavy atom. The maximum absolute atomic E-state index is 5.44. The smallest absolute Gasteiger partial charge is 0.203 e. The maximum atomic E-state index is 5.44. The van der Waals surface area contributed by atoms with Gasteiger partial charge in [0.15, 0.2) is 17.5 Å². The van der Waals surface area contributed by atoms with Gasteiger partial charge in [-0.2, -0.15) is 0 Å². The lowest BCUT2D eigenvalue weighted by Gasteiger charge is -2.15. The van der Waals surface area contributed by atoms with Crippen LogP contribution in [0.1, 0.15) is 12.5 Å². The molecule has 0 atom stereocenters. The SMILES string of the molecule is C#CCNC(=NCc1ccc(OC)c(OC)c1OC)NCC.I. The Kier molecular flexibility index (Phi) is 10.8. The molecule has 0 heterocycles. The maximum Gasteiger partial charge on any atom is 0.203 e. The third-order valence-electron chi connectivity index (χ3n) is 2.90. The van der Waals surface area contributed by atoms with Crippen LogP contribution in [-0.2, 0) is 6.54 Å². The number of nitrogens with one attached hydrogen (secondary N) is 2. The first-order valence-corrected chi connectivity index (χ1v) is 6.95. The normalized spacial score (nSPS) is 10.1. The molecule has 23 heavy (non-hydrogen) atoms. The third kappa shape index (κ3) is 6.06.